The Labute approximate surface area is 226 Å². The van der Waals surface area contributed by atoms with Gasteiger partial charge in [0.2, 0.25) is 11.8 Å². The van der Waals surface area contributed by atoms with Gasteiger partial charge in [-0.2, -0.15) is 11.8 Å². The fourth-order valence-corrected chi connectivity index (χ4v) is 7.68. The Morgan fingerprint density at radius 2 is 2.03 bits per heavy atom. The van der Waals surface area contributed by atoms with Gasteiger partial charge in [0.1, 0.15) is 34.8 Å². The molecule has 6 N–H and O–H groups in total. The molecule has 3 aliphatic rings. The molecular weight excluding hydrogens is 536 g/mol. The van der Waals surface area contributed by atoms with Gasteiger partial charge in [-0.1, -0.05) is 11.8 Å². The van der Waals surface area contributed by atoms with Crippen molar-refractivity contribution in [1.29, 1.82) is 0 Å². The number of nitrogens with zero attached hydrogens (tertiary/aromatic N) is 2. The van der Waals surface area contributed by atoms with Crippen molar-refractivity contribution in [3.05, 3.63) is 18.2 Å². The third-order valence-electron chi connectivity index (χ3n) is 6.88. The second-order valence-corrected chi connectivity index (χ2v) is 12.0. The number of aliphatic hydroxyl groups excluding tert-OH is 2. The lowest BCUT2D eigenvalue weighted by Gasteiger charge is -2.42. The van der Waals surface area contributed by atoms with Gasteiger partial charge in [0.05, 0.1) is 18.1 Å². The van der Waals surface area contributed by atoms with Crippen LogP contribution in [0.5, 0.6) is 0 Å². The number of hydrogen-bond donors (Lipinski definition) is 6. The Kier molecular flexibility index (Phi) is 8.28. The first-order chi connectivity index (χ1) is 18.3. The van der Waals surface area contributed by atoms with Crippen LogP contribution in [-0.2, 0) is 14.3 Å². The molecular formula is C23H30N6O7S2. The fourth-order valence-electron chi connectivity index (χ4n) is 4.97. The van der Waals surface area contributed by atoms with E-state index in [9.17, 15) is 24.6 Å². The van der Waals surface area contributed by atoms with E-state index in [2.05, 4.69) is 31.6 Å². The predicted molar refractivity (Wildman–Crippen MR) is 138 cm³/mol. The molecule has 3 fully saturated rings. The third kappa shape index (κ3) is 6.01. The third-order valence-corrected chi connectivity index (χ3v) is 9.55. The molecule has 15 heteroatoms. The number of aromatic nitrogens is 2. The number of nitrogens with one attached hydrogen (secondary N) is 4. The quantitative estimate of drug-likeness (QED) is 0.219. The summed E-state index contributed by atoms with van der Waals surface area (Å²) >= 11 is 3.04. The summed E-state index contributed by atoms with van der Waals surface area (Å²) in [7, 11) is 0. The lowest BCUT2D eigenvalue weighted by atomic mass is 9.97. The zero-order chi connectivity index (χ0) is 26.8. The van der Waals surface area contributed by atoms with Crippen LogP contribution in [-0.4, -0.2) is 97.8 Å². The molecule has 2 unspecified atom stereocenters. The van der Waals surface area contributed by atoms with Gasteiger partial charge in [0, 0.05) is 35.8 Å². The van der Waals surface area contributed by atoms with E-state index in [0.29, 0.717) is 23.9 Å². The normalized spacial score (nSPS) is 32.4. The Morgan fingerprint density at radius 1 is 1.21 bits per heavy atom. The average Bonchev–Trinajstić information content (AvgIpc) is 3.59. The number of urea groups is 1. The van der Waals surface area contributed by atoms with E-state index in [0.717, 1.165) is 17.1 Å². The van der Waals surface area contributed by atoms with Crippen LogP contribution in [0.2, 0.25) is 0 Å². The first-order valence-electron chi connectivity index (χ1n) is 12.4. The minimum absolute atomic E-state index is 0.00396. The molecule has 3 saturated heterocycles. The van der Waals surface area contributed by atoms with Crippen molar-refractivity contribution in [2.75, 3.05) is 12.3 Å². The molecule has 0 aliphatic carbocycles. The second kappa shape index (κ2) is 11.7. The number of benzene rings is 1. The molecule has 4 amide bonds. The topological polar surface area (TPSA) is 188 Å². The summed E-state index contributed by atoms with van der Waals surface area (Å²) in [6.45, 7) is 1.32. The van der Waals surface area contributed by atoms with E-state index in [4.69, 9.17) is 9.37 Å². The van der Waals surface area contributed by atoms with Gasteiger partial charge in [0.15, 0.2) is 0 Å². The van der Waals surface area contributed by atoms with Crippen molar-refractivity contribution >= 4 is 52.4 Å². The first-order valence-corrected chi connectivity index (χ1v) is 14.3. The van der Waals surface area contributed by atoms with E-state index in [-0.39, 0.29) is 41.7 Å². The number of fused-ring (bicyclic) bond motifs is 2. The smallest absolute Gasteiger partial charge is 0.315 e. The van der Waals surface area contributed by atoms with Crippen molar-refractivity contribution in [3.8, 4) is 0 Å². The second-order valence-electron chi connectivity index (χ2n) is 9.60. The SMILES string of the molecule is CC(=O)NC1[C@@H](O)[C@H](O)C(CNC(=O)CCC[C@@H]2SC[C@@H]3NC(=O)N[C@@H]32)O[C@H]1Sc1ccc2nonc2c1. The average molecular weight is 567 g/mol. The van der Waals surface area contributed by atoms with E-state index >= 15 is 0 Å². The summed E-state index contributed by atoms with van der Waals surface area (Å²) in [4.78, 5) is 36.6. The number of carbonyl (C=O) groups excluding carboxylic acids is 3. The lowest BCUT2D eigenvalue weighted by Crippen LogP contribution is -2.64. The number of hydrogen-bond acceptors (Lipinski definition) is 11. The van der Waals surface area contributed by atoms with Crippen molar-refractivity contribution in [1.82, 2.24) is 31.6 Å². The van der Waals surface area contributed by atoms with Gasteiger partial charge in [-0.25, -0.2) is 9.42 Å². The van der Waals surface area contributed by atoms with Gasteiger partial charge in [-0.05, 0) is 41.4 Å². The number of ether oxygens (including phenoxy) is 1. The molecule has 1 aromatic heterocycles. The van der Waals surface area contributed by atoms with E-state index in [1.54, 1.807) is 30.0 Å². The Morgan fingerprint density at radius 3 is 2.84 bits per heavy atom. The molecule has 0 spiro atoms. The van der Waals surface area contributed by atoms with Crippen LogP contribution < -0.4 is 21.3 Å². The van der Waals surface area contributed by atoms with E-state index < -0.39 is 29.8 Å². The fraction of sp³-hybridized carbons (Fsp3) is 0.609. The Bertz CT molecular complexity index is 1180. The van der Waals surface area contributed by atoms with Crippen LogP contribution in [0.25, 0.3) is 11.0 Å². The first kappa shape index (κ1) is 27.0. The molecule has 0 bridgehead atoms. The lowest BCUT2D eigenvalue weighted by molar-refractivity contribution is -0.163. The van der Waals surface area contributed by atoms with Crippen molar-refractivity contribution in [2.24, 2.45) is 0 Å². The molecule has 3 aliphatic heterocycles. The van der Waals surface area contributed by atoms with Gasteiger partial charge >= 0.3 is 6.03 Å². The highest BCUT2D eigenvalue weighted by atomic mass is 32.2. The standard InChI is InChI=1S/C23H30N6O7S2/c1-10(30)25-19-21(33)20(32)15(35-22(19)38-11-5-6-12-13(7-11)29-36-28-12)8-24-17(31)4-2-3-16-18-14(9-37-16)26-23(34)27-18/h5-7,14-16,18-22,32-33H,2-4,8-9H2,1H3,(H,24,31)(H,25,30)(H2,26,27,34)/t14-,15?,16-,18-,19?,20+,21+,22-/m0/s1. The molecule has 0 radical (unpaired) electrons. The summed E-state index contributed by atoms with van der Waals surface area (Å²) in [5.74, 6) is 0.292. The molecule has 38 heavy (non-hydrogen) atoms. The van der Waals surface area contributed by atoms with Gasteiger partial charge < -0.3 is 36.2 Å². The molecule has 0 saturated carbocycles. The molecule has 5 rings (SSSR count). The van der Waals surface area contributed by atoms with Crippen LogP contribution in [0, 0.1) is 0 Å². The van der Waals surface area contributed by atoms with Crippen LogP contribution in [0.1, 0.15) is 26.2 Å². The van der Waals surface area contributed by atoms with Gasteiger partial charge in [-0.15, -0.1) is 0 Å². The van der Waals surface area contributed by atoms with Crippen molar-refractivity contribution in [2.45, 2.75) is 78.2 Å². The van der Waals surface area contributed by atoms with Crippen molar-refractivity contribution in [3.63, 3.8) is 0 Å². The highest BCUT2D eigenvalue weighted by molar-refractivity contribution is 8.00. The number of carbonyl (C=O) groups is 3. The van der Waals surface area contributed by atoms with E-state index in [1.165, 1.54) is 18.7 Å². The van der Waals surface area contributed by atoms with Crippen molar-refractivity contribution < 1.29 is 34.0 Å². The molecule has 4 heterocycles. The van der Waals surface area contributed by atoms with Crippen LogP contribution >= 0.6 is 23.5 Å². The number of thioether (sulfide) groups is 2. The zero-order valence-electron chi connectivity index (χ0n) is 20.5. The monoisotopic (exact) mass is 566 g/mol. The summed E-state index contributed by atoms with van der Waals surface area (Å²) in [6.07, 6.45) is -1.78. The maximum absolute atomic E-state index is 12.5. The largest absolute Gasteiger partial charge is 0.388 e. The molecule has 1 aromatic carbocycles. The van der Waals surface area contributed by atoms with E-state index in [1.807, 2.05) is 0 Å². The van der Waals surface area contributed by atoms with Crippen LogP contribution in [0.3, 0.4) is 0 Å². The van der Waals surface area contributed by atoms with Gasteiger partial charge in [0.25, 0.3) is 0 Å². The zero-order valence-corrected chi connectivity index (χ0v) is 22.2. The maximum atomic E-state index is 12.5. The number of aliphatic hydroxyl groups is 2. The summed E-state index contributed by atoms with van der Waals surface area (Å²) in [5.41, 5.74) is 0.382. The predicted octanol–water partition coefficient (Wildman–Crippen LogP) is -0.282. The number of amides is 4. The van der Waals surface area contributed by atoms with Crippen LogP contribution in [0.15, 0.2) is 27.7 Å². The maximum Gasteiger partial charge on any atom is 0.315 e. The highest BCUT2D eigenvalue weighted by Crippen LogP contribution is 2.35. The van der Waals surface area contributed by atoms with Crippen LogP contribution in [0.4, 0.5) is 4.79 Å². The number of rotatable bonds is 9. The Hall–Kier alpha value is -2.59. The molecule has 13 nitrogen and oxygen atoms in total. The molecule has 2 aromatic rings. The Balaban J connectivity index is 1.15. The minimum atomic E-state index is -1.32. The summed E-state index contributed by atoms with van der Waals surface area (Å²) in [5, 5.41) is 40.7. The summed E-state index contributed by atoms with van der Waals surface area (Å²) < 4.78 is 10.8. The summed E-state index contributed by atoms with van der Waals surface area (Å²) in [6, 6.07) is 4.48. The highest BCUT2D eigenvalue weighted by Gasteiger charge is 2.45. The minimum Gasteiger partial charge on any atom is -0.388 e. The van der Waals surface area contributed by atoms with Gasteiger partial charge in [-0.3, -0.25) is 9.59 Å². The molecule has 206 valence electrons. The molecule has 8 atom stereocenters.